The fourth-order valence-electron chi connectivity index (χ4n) is 2.05. The van der Waals surface area contributed by atoms with Gasteiger partial charge >= 0.3 is 5.97 Å². The number of nitrogens with zero attached hydrogens (tertiary/aromatic N) is 2. The van der Waals surface area contributed by atoms with Crippen molar-refractivity contribution in [3.63, 3.8) is 0 Å². The molecule has 0 saturated heterocycles. The summed E-state index contributed by atoms with van der Waals surface area (Å²) in [4.78, 5) is 11.2. The Labute approximate surface area is 117 Å². The summed E-state index contributed by atoms with van der Waals surface area (Å²) in [6, 6.07) is 7.93. The zero-order chi connectivity index (χ0) is 14.7. The summed E-state index contributed by atoms with van der Waals surface area (Å²) >= 11 is 0. The highest BCUT2D eigenvalue weighted by molar-refractivity contribution is 5.88. The van der Waals surface area contributed by atoms with Crippen LogP contribution in [0.1, 0.15) is 41.4 Å². The van der Waals surface area contributed by atoms with Crippen LogP contribution in [0.5, 0.6) is 0 Å². The Hall–Kier alpha value is -2.14. The lowest BCUT2D eigenvalue weighted by atomic mass is 10.0. The first-order chi connectivity index (χ1) is 9.54. The zero-order valence-corrected chi connectivity index (χ0v) is 11.8. The van der Waals surface area contributed by atoms with E-state index in [4.69, 9.17) is 9.84 Å². The molecule has 0 aliphatic carbocycles. The van der Waals surface area contributed by atoms with E-state index in [0.29, 0.717) is 11.6 Å². The number of aromatic nitrogens is 2. The van der Waals surface area contributed by atoms with Crippen molar-refractivity contribution in [2.75, 3.05) is 7.11 Å². The van der Waals surface area contributed by atoms with Crippen LogP contribution in [0.2, 0.25) is 0 Å². The Morgan fingerprint density at radius 2 is 2.00 bits per heavy atom. The van der Waals surface area contributed by atoms with Crippen molar-refractivity contribution in [3.05, 3.63) is 47.3 Å². The van der Waals surface area contributed by atoms with E-state index in [9.17, 15) is 4.79 Å². The molecule has 0 atom stereocenters. The molecular weight excluding hydrogens is 256 g/mol. The fraction of sp³-hybridized carbons (Fsp3) is 0.333. The SMILES string of the molecule is COCc1c(C(=O)O)cnn1-c1ccc(C(C)C)cc1. The van der Waals surface area contributed by atoms with Crippen molar-refractivity contribution >= 4 is 5.97 Å². The Bertz CT molecular complexity index is 600. The summed E-state index contributed by atoms with van der Waals surface area (Å²) in [5.74, 6) is -0.545. The fourth-order valence-corrected chi connectivity index (χ4v) is 2.05. The number of rotatable bonds is 5. The third kappa shape index (κ3) is 2.72. The molecule has 1 N–H and O–H groups in total. The number of benzene rings is 1. The normalized spacial score (nSPS) is 11.0. The molecule has 0 radical (unpaired) electrons. The number of carboxylic acid groups (broad SMARTS) is 1. The first-order valence-electron chi connectivity index (χ1n) is 6.44. The lowest BCUT2D eigenvalue weighted by molar-refractivity contribution is 0.0691. The van der Waals surface area contributed by atoms with Crippen molar-refractivity contribution < 1.29 is 14.6 Å². The molecule has 0 spiro atoms. The smallest absolute Gasteiger partial charge is 0.339 e. The standard InChI is InChI=1S/C15H18N2O3/c1-10(2)11-4-6-12(7-5-11)17-14(9-20-3)13(8-16-17)15(18)19/h4-8,10H,9H2,1-3H3,(H,18,19). The molecule has 5 heteroatoms. The van der Waals surface area contributed by atoms with Crippen LogP contribution in [0, 0.1) is 0 Å². The van der Waals surface area contributed by atoms with Gasteiger partial charge in [-0.2, -0.15) is 5.10 Å². The third-order valence-corrected chi connectivity index (χ3v) is 3.18. The van der Waals surface area contributed by atoms with E-state index in [2.05, 4.69) is 18.9 Å². The van der Waals surface area contributed by atoms with Gasteiger partial charge in [0.1, 0.15) is 5.56 Å². The number of aromatic carboxylic acids is 1. The molecule has 20 heavy (non-hydrogen) atoms. The lowest BCUT2D eigenvalue weighted by Gasteiger charge is -2.10. The first-order valence-corrected chi connectivity index (χ1v) is 6.44. The van der Waals surface area contributed by atoms with Crippen molar-refractivity contribution in [2.24, 2.45) is 0 Å². The van der Waals surface area contributed by atoms with Crippen LogP contribution < -0.4 is 0 Å². The second-order valence-electron chi connectivity index (χ2n) is 4.90. The summed E-state index contributed by atoms with van der Waals surface area (Å²) in [6.07, 6.45) is 1.35. The van der Waals surface area contributed by atoms with Gasteiger partial charge in [0, 0.05) is 7.11 Å². The van der Waals surface area contributed by atoms with Crippen LogP contribution in [0.4, 0.5) is 0 Å². The molecule has 106 valence electrons. The van der Waals surface area contributed by atoms with Crippen molar-refractivity contribution in [1.29, 1.82) is 0 Å². The van der Waals surface area contributed by atoms with Gasteiger partial charge in [-0.15, -0.1) is 0 Å². The first kappa shape index (κ1) is 14.3. The summed E-state index contributed by atoms with van der Waals surface area (Å²) in [5.41, 5.74) is 2.76. The van der Waals surface area contributed by atoms with Gasteiger partial charge in [-0.1, -0.05) is 26.0 Å². The summed E-state index contributed by atoms with van der Waals surface area (Å²) in [7, 11) is 1.53. The van der Waals surface area contributed by atoms with Gasteiger partial charge < -0.3 is 9.84 Å². The highest BCUT2D eigenvalue weighted by Gasteiger charge is 2.17. The third-order valence-electron chi connectivity index (χ3n) is 3.18. The van der Waals surface area contributed by atoms with E-state index in [0.717, 1.165) is 5.69 Å². The number of hydrogen-bond acceptors (Lipinski definition) is 3. The van der Waals surface area contributed by atoms with Gasteiger partial charge in [0.2, 0.25) is 0 Å². The number of carboxylic acids is 1. The Kier molecular flexibility index (Phi) is 4.20. The van der Waals surface area contributed by atoms with Gasteiger partial charge in [0.25, 0.3) is 0 Å². The van der Waals surface area contributed by atoms with Gasteiger partial charge in [-0.25, -0.2) is 9.48 Å². The van der Waals surface area contributed by atoms with E-state index in [-0.39, 0.29) is 12.2 Å². The molecule has 0 saturated carbocycles. The second kappa shape index (κ2) is 5.88. The molecule has 0 bridgehead atoms. The molecule has 2 rings (SSSR count). The Balaban J connectivity index is 2.43. The van der Waals surface area contributed by atoms with Crippen LogP contribution in [0.15, 0.2) is 30.5 Å². The van der Waals surface area contributed by atoms with Gasteiger partial charge in [-0.05, 0) is 23.6 Å². The quantitative estimate of drug-likeness (QED) is 0.910. The predicted octanol–water partition coefficient (Wildman–Crippen LogP) is 2.84. The molecule has 1 aromatic heterocycles. The summed E-state index contributed by atoms with van der Waals surface area (Å²) < 4.78 is 6.69. The molecule has 0 aliphatic heterocycles. The van der Waals surface area contributed by atoms with Crippen molar-refractivity contribution in [3.8, 4) is 5.69 Å². The van der Waals surface area contributed by atoms with E-state index < -0.39 is 5.97 Å². The molecule has 0 unspecified atom stereocenters. The maximum Gasteiger partial charge on any atom is 0.339 e. The molecule has 0 amide bonds. The Morgan fingerprint density at radius 1 is 1.35 bits per heavy atom. The monoisotopic (exact) mass is 274 g/mol. The van der Waals surface area contributed by atoms with Crippen LogP contribution in [-0.2, 0) is 11.3 Å². The van der Waals surface area contributed by atoms with Crippen LogP contribution in [0.3, 0.4) is 0 Å². The molecule has 1 heterocycles. The molecular formula is C15H18N2O3. The number of hydrogen-bond donors (Lipinski definition) is 1. The van der Waals surface area contributed by atoms with Gasteiger partial charge in [-0.3, -0.25) is 0 Å². The van der Waals surface area contributed by atoms with E-state index in [1.54, 1.807) is 4.68 Å². The zero-order valence-electron chi connectivity index (χ0n) is 11.8. The van der Waals surface area contributed by atoms with Gasteiger partial charge in [0.15, 0.2) is 0 Å². The van der Waals surface area contributed by atoms with Crippen LogP contribution in [-0.4, -0.2) is 28.0 Å². The minimum Gasteiger partial charge on any atom is -0.478 e. The summed E-state index contributed by atoms with van der Waals surface area (Å²) in [5, 5.41) is 13.3. The van der Waals surface area contributed by atoms with Crippen LogP contribution >= 0.6 is 0 Å². The molecule has 0 fully saturated rings. The minimum absolute atomic E-state index is 0.166. The van der Waals surface area contributed by atoms with E-state index >= 15 is 0 Å². The maximum atomic E-state index is 11.2. The molecule has 0 aliphatic rings. The minimum atomic E-state index is -0.998. The molecule has 2 aromatic rings. The molecule has 5 nitrogen and oxygen atoms in total. The van der Waals surface area contributed by atoms with E-state index in [1.165, 1.54) is 18.9 Å². The topological polar surface area (TPSA) is 64.3 Å². The van der Waals surface area contributed by atoms with Crippen molar-refractivity contribution in [1.82, 2.24) is 9.78 Å². The average molecular weight is 274 g/mol. The lowest BCUT2D eigenvalue weighted by Crippen LogP contribution is -2.07. The van der Waals surface area contributed by atoms with Crippen LogP contribution in [0.25, 0.3) is 5.69 Å². The second-order valence-corrected chi connectivity index (χ2v) is 4.90. The van der Waals surface area contributed by atoms with Crippen molar-refractivity contribution in [2.45, 2.75) is 26.4 Å². The predicted molar refractivity (Wildman–Crippen MR) is 75.3 cm³/mol. The van der Waals surface area contributed by atoms with Gasteiger partial charge in [0.05, 0.1) is 24.2 Å². The Morgan fingerprint density at radius 3 is 2.50 bits per heavy atom. The highest BCUT2D eigenvalue weighted by Crippen LogP contribution is 2.19. The van der Waals surface area contributed by atoms with E-state index in [1.807, 2.05) is 24.3 Å². The number of methoxy groups -OCH3 is 1. The molecule has 1 aromatic carbocycles. The maximum absolute atomic E-state index is 11.2. The highest BCUT2D eigenvalue weighted by atomic mass is 16.5. The summed E-state index contributed by atoms with van der Waals surface area (Å²) in [6.45, 7) is 4.46. The number of carbonyl (C=O) groups is 1. The average Bonchev–Trinajstić information content (AvgIpc) is 2.83. The number of ether oxygens (including phenoxy) is 1. The largest absolute Gasteiger partial charge is 0.478 e.